The van der Waals surface area contributed by atoms with Crippen molar-refractivity contribution in [3.05, 3.63) is 29.6 Å². The molecule has 0 aliphatic heterocycles. The number of rotatable bonds is 5. The van der Waals surface area contributed by atoms with Crippen LogP contribution in [0, 0.1) is 17.5 Å². The maximum absolute atomic E-state index is 13.4. The van der Waals surface area contributed by atoms with Gasteiger partial charge in [-0.2, -0.15) is 4.72 Å². The summed E-state index contributed by atoms with van der Waals surface area (Å²) in [4.78, 5) is 9.48. The number of hydrogen-bond donors (Lipinski definition) is 3. The minimum Gasteiger partial charge on any atom is -0.480 e. The monoisotopic (exact) mass is 313 g/mol. The number of nitrogens with one attached hydrogen (secondary N) is 1. The molecule has 6 nitrogen and oxygen atoms in total. The van der Waals surface area contributed by atoms with Crippen LogP contribution in [0.25, 0.3) is 0 Å². The van der Waals surface area contributed by atoms with Crippen molar-refractivity contribution in [2.24, 2.45) is 0 Å². The van der Waals surface area contributed by atoms with E-state index in [1.165, 1.54) is 4.72 Å². The number of benzene rings is 1. The Hall–Kier alpha value is -1.65. The van der Waals surface area contributed by atoms with Gasteiger partial charge in [0.1, 0.15) is 10.9 Å². The standard InChI is InChI=1S/C10H10F3NO5S/c1-4(15)9(10(16)17)14-20(18,19)6-3-2-5(11)7(12)8(6)13/h2-4,9,14-15H,1H3,(H,16,17). The Morgan fingerprint density at radius 2 is 1.80 bits per heavy atom. The van der Waals surface area contributed by atoms with Crippen molar-refractivity contribution in [1.29, 1.82) is 0 Å². The van der Waals surface area contributed by atoms with E-state index in [0.29, 0.717) is 12.1 Å². The van der Waals surface area contributed by atoms with E-state index in [0.717, 1.165) is 6.92 Å². The van der Waals surface area contributed by atoms with Gasteiger partial charge in [0.15, 0.2) is 17.5 Å². The Morgan fingerprint density at radius 1 is 1.25 bits per heavy atom. The van der Waals surface area contributed by atoms with E-state index in [2.05, 4.69) is 0 Å². The van der Waals surface area contributed by atoms with Gasteiger partial charge in [-0.3, -0.25) is 4.79 Å². The van der Waals surface area contributed by atoms with Crippen LogP contribution >= 0.6 is 0 Å². The summed E-state index contributed by atoms with van der Waals surface area (Å²) in [6.45, 7) is 0.989. The first-order valence-corrected chi connectivity index (χ1v) is 6.63. The van der Waals surface area contributed by atoms with Crippen molar-refractivity contribution in [3.8, 4) is 0 Å². The summed E-state index contributed by atoms with van der Waals surface area (Å²) < 4.78 is 64.0. The molecule has 0 amide bonds. The third kappa shape index (κ3) is 3.26. The van der Waals surface area contributed by atoms with Gasteiger partial charge in [0, 0.05) is 0 Å². The second-order valence-electron chi connectivity index (χ2n) is 3.85. The summed E-state index contributed by atoms with van der Waals surface area (Å²) >= 11 is 0. The summed E-state index contributed by atoms with van der Waals surface area (Å²) in [5.74, 6) is -7.29. The van der Waals surface area contributed by atoms with Crippen LogP contribution in [0.15, 0.2) is 17.0 Å². The van der Waals surface area contributed by atoms with Gasteiger partial charge in [0.05, 0.1) is 6.10 Å². The molecule has 0 aliphatic carbocycles. The SMILES string of the molecule is CC(O)C(NS(=O)(=O)c1ccc(F)c(F)c1F)C(=O)O. The van der Waals surface area contributed by atoms with E-state index >= 15 is 0 Å². The van der Waals surface area contributed by atoms with Crippen LogP contribution < -0.4 is 4.72 Å². The molecule has 0 aromatic heterocycles. The van der Waals surface area contributed by atoms with Crippen molar-refractivity contribution in [2.75, 3.05) is 0 Å². The number of aliphatic hydroxyl groups excluding tert-OH is 1. The molecule has 0 radical (unpaired) electrons. The van der Waals surface area contributed by atoms with Crippen LogP contribution in [0.4, 0.5) is 13.2 Å². The summed E-state index contributed by atoms with van der Waals surface area (Å²) in [5, 5.41) is 17.8. The first-order chi connectivity index (χ1) is 9.08. The molecule has 112 valence electrons. The van der Waals surface area contributed by atoms with Crippen LogP contribution in [0.2, 0.25) is 0 Å². The third-order valence-corrected chi connectivity index (χ3v) is 3.78. The molecule has 0 spiro atoms. The first kappa shape index (κ1) is 16.4. The Balaban J connectivity index is 3.25. The lowest BCUT2D eigenvalue weighted by molar-refractivity contribution is -0.141. The Morgan fingerprint density at radius 3 is 2.25 bits per heavy atom. The largest absolute Gasteiger partial charge is 0.480 e. The molecule has 1 rings (SSSR count). The molecule has 0 fully saturated rings. The highest BCUT2D eigenvalue weighted by atomic mass is 32.2. The minimum atomic E-state index is -4.79. The van der Waals surface area contributed by atoms with Gasteiger partial charge >= 0.3 is 5.97 Å². The number of hydrogen-bond acceptors (Lipinski definition) is 4. The predicted molar refractivity (Wildman–Crippen MR) is 59.7 cm³/mol. The average molecular weight is 313 g/mol. The normalized spacial score (nSPS) is 14.8. The number of carbonyl (C=O) groups is 1. The van der Waals surface area contributed by atoms with Crippen molar-refractivity contribution >= 4 is 16.0 Å². The van der Waals surface area contributed by atoms with Crippen LogP contribution in [0.5, 0.6) is 0 Å². The van der Waals surface area contributed by atoms with E-state index < -0.39 is 50.5 Å². The van der Waals surface area contributed by atoms with E-state index in [1.807, 2.05) is 0 Å². The fraction of sp³-hybridized carbons (Fsp3) is 0.300. The quantitative estimate of drug-likeness (QED) is 0.675. The van der Waals surface area contributed by atoms with Gasteiger partial charge in [0.25, 0.3) is 0 Å². The number of halogens is 3. The molecular weight excluding hydrogens is 303 g/mol. The number of aliphatic carboxylic acids is 1. The number of carboxylic acid groups (broad SMARTS) is 1. The van der Waals surface area contributed by atoms with Crippen LogP contribution in [0.3, 0.4) is 0 Å². The van der Waals surface area contributed by atoms with Gasteiger partial charge < -0.3 is 10.2 Å². The zero-order chi connectivity index (χ0) is 15.7. The van der Waals surface area contributed by atoms with Crippen molar-refractivity contribution in [3.63, 3.8) is 0 Å². The molecule has 0 saturated carbocycles. The minimum absolute atomic E-state index is 0.380. The highest BCUT2D eigenvalue weighted by molar-refractivity contribution is 7.89. The molecule has 2 unspecified atom stereocenters. The zero-order valence-corrected chi connectivity index (χ0v) is 10.8. The average Bonchev–Trinajstić information content (AvgIpc) is 2.32. The Bertz CT molecular complexity index is 632. The van der Waals surface area contributed by atoms with Crippen LogP contribution in [-0.2, 0) is 14.8 Å². The molecule has 0 heterocycles. The lowest BCUT2D eigenvalue weighted by atomic mass is 10.2. The molecule has 0 saturated heterocycles. The molecule has 3 N–H and O–H groups in total. The molecular formula is C10H10F3NO5S. The first-order valence-electron chi connectivity index (χ1n) is 5.14. The molecule has 20 heavy (non-hydrogen) atoms. The topological polar surface area (TPSA) is 104 Å². The van der Waals surface area contributed by atoms with Crippen LogP contribution in [-0.4, -0.2) is 36.7 Å². The van der Waals surface area contributed by atoms with E-state index in [9.17, 15) is 26.4 Å². The zero-order valence-electron chi connectivity index (χ0n) is 9.97. The number of carboxylic acids is 1. The lowest BCUT2D eigenvalue weighted by Crippen LogP contribution is -2.47. The second-order valence-corrected chi connectivity index (χ2v) is 5.53. The molecule has 0 bridgehead atoms. The smallest absolute Gasteiger partial charge is 0.324 e. The summed E-state index contributed by atoms with van der Waals surface area (Å²) in [6.07, 6.45) is -1.63. The fourth-order valence-corrected chi connectivity index (χ4v) is 2.63. The predicted octanol–water partition coefficient (Wildman–Crippen LogP) is 0.216. The highest BCUT2D eigenvalue weighted by Gasteiger charge is 2.32. The third-order valence-electron chi connectivity index (χ3n) is 2.32. The molecule has 0 aliphatic rings. The lowest BCUT2D eigenvalue weighted by Gasteiger charge is -2.17. The summed E-state index contributed by atoms with van der Waals surface area (Å²) in [6, 6.07) is -1.14. The number of sulfonamides is 1. The van der Waals surface area contributed by atoms with Gasteiger partial charge in [-0.25, -0.2) is 21.6 Å². The van der Waals surface area contributed by atoms with Crippen molar-refractivity contribution < 1.29 is 36.6 Å². The molecule has 1 aromatic carbocycles. The highest BCUT2D eigenvalue weighted by Crippen LogP contribution is 2.20. The van der Waals surface area contributed by atoms with E-state index in [-0.39, 0.29) is 0 Å². The Kier molecular flexibility index (Phi) is 4.73. The van der Waals surface area contributed by atoms with Crippen LogP contribution in [0.1, 0.15) is 6.92 Å². The van der Waals surface area contributed by atoms with Crippen molar-refractivity contribution in [1.82, 2.24) is 4.72 Å². The number of aliphatic hydroxyl groups is 1. The summed E-state index contributed by atoms with van der Waals surface area (Å²) in [5.41, 5.74) is 0. The summed E-state index contributed by atoms with van der Waals surface area (Å²) in [7, 11) is -4.79. The van der Waals surface area contributed by atoms with E-state index in [4.69, 9.17) is 10.2 Å². The second kappa shape index (κ2) is 5.77. The Labute approximate surface area is 111 Å². The molecule has 10 heteroatoms. The maximum atomic E-state index is 13.4. The van der Waals surface area contributed by atoms with Gasteiger partial charge in [-0.15, -0.1) is 0 Å². The van der Waals surface area contributed by atoms with Gasteiger partial charge in [-0.1, -0.05) is 0 Å². The maximum Gasteiger partial charge on any atom is 0.324 e. The van der Waals surface area contributed by atoms with E-state index in [1.54, 1.807) is 0 Å². The van der Waals surface area contributed by atoms with Crippen molar-refractivity contribution in [2.45, 2.75) is 24.0 Å². The van der Waals surface area contributed by atoms with Gasteiger partial charge in [-0.05, 0) is 19.1 Å². The molecule has 1 aromatic rings. The fourth-order valence-electron chi connectivity index (χ4n) is 1.30. The van der Waals surface area contributed by atoms with Gasteiger partial charge in [0.2, 0.25) is 10.0 Å². The molecule has 2 atom stereocenters.